The lowest BCUT2D eigenvalue weighted by Crippen LogP contribution is -2.17. The number of thioether (sulfide) groups is 1. The number of imidazole rings is 1. The van der Waals surface area contributed by atoms with Gasteiger partial charge in [-0.1, -0.05) is 73.1 Å². The molecule has 0 radical (unpaired) electrons. The van der Waals surface area contributed by atoms with Crippen LogP contribution in [0.5, 0.6) is 0 Å². The van der Waals surface area contributed by atoms with Crippen molar-refractivity contribution >= 4 is 17.5 Å². The van der Waals surface area contributed by atoms with Crippen LogP contribution in [0, 0.1) is 0 Å². The molecule has 0 saturated heterocycles. The Hall–Kier alpha value is -2.53. The van der Waals surface area contributed by atoms with Crippen molar-refractivity contribution in [3.8, 4) is 11.1 Å². The Kier molecular flexibility index (Phi) is 5.81. The quantitative estimate of drug-likeness (QED) is 0.438. The van der Waals surface area contributed by atoms with Gasteiger partial charge in [0.25, 0.3) is 0 Å². The number of benzene rings is 2. The molecule has 1 aliphatic heterocycles. The molecule has 2 aromatic carbocycles. The average molecular weight is 392 g/mol. The van der Waals surface area contributed by atoms with Crippen molar-refractivity contribution < 1.29 is 5.21 Å². The van der Waals surface area contributed by atoms with E-state index in [1.165, 1.54) is 16.7 Å². The van der Waals surface area contributed by atoms with Gasteiger partial charge in [0.05, 0.1) is 0 Å². The van der Waals surface area contributed by atoms with E-state index in [0.29, 0.717) is 0 Å². The number of aryl methyl sites for hydroxylation is 1. The third kappa shape index (κ3) is 3.85. The average Bonchev–Trinajstić information content (AvgIpc) is 3.11. The highest BCUT2D eigenvalue weighted by molar-refractivity contribution is 7.99. The molecule has 0 saturated carbocycles. The maximum atomic E-state index is 9.51. The predicted molar refractivity (Wildman–Crippen MR) is 115 cm³/mol. The van der Waals surface area contributed by atoms with Crippen LogP contribution in [0.3, 0.4) is 0 Å². The third-order valence-corrected chi connectivity index (χ3v) is 6.11. The number of hydrogen-bond acceptors (Lipinski definition) is 4. The summed E-state index contributed by atoms with van der Waals surface area (Å²) in [4.78, 5) is 4.88. The Morgan fingerprint density at radius 1 is 1.07 bits per heavy atom. The molecule has 28 heavy (non-hydrogen) atoms. The highest BCUT2D eigenvalue weighted by Crippen LogP contribution is 2.32. The molecule has 0 atom stereocenters. The maximum Gasteiger partial charge on any atom is 0.124 e. The summed E-state index contributed by atoms with van der Waals surface area (Å²) in [6.07, 6.45) is 3.97. The molecule has 3 aromatic rings. The molecular formula is C23H25N3OS. The summed E-state index contributed by atoms with van der Waals surface area (Å²) in [6.45, 7) is 2.95. The van der Waals surface area contributed by atoms with E-state index in [0.717, 1.165) is 60.2 Å². The first kappa shape index (κ1) is 18.8. The van der Waals surface area contributed by atoms with E-state index in [1.807, 2.05) is 6.07 Å². The van der Waals surface area contributed by atoms with E-state index in [2.05, 4.69) is 65.2 Å². The topological polar surface area (TPSA) is 50.4 Å². The van der Waals surface area contributed by atoms with Crippen LogP contribution < -0.4 is 0 Å². The number of nitrogens with zero attached hydrogens (tertiary/aromatic N) is 3. The number of rotatable bonds is 6. The molecule has 1 N–H and O–H groups in total. The van der Waals surface area contributed by atoms with Crippen LogP contribution in [0.2, 0.25) is 0 Å². The van der Waals surface area contributed by atoms with Crippen LogP contribution in [0.25, 0.3) is 11.1 Å². The smallest absolute Gasteiger partial charge is 0.124 e. The minimum atomic E-state index is 0.746. The highest BCUT2D eigenvalue weighted by atomic mass is 32.2. The first-order valence-electron chi connectivity index (χ1n) is 9.88. The second kappa shape index (κ2) is 8.65. The zero-order valence-electron chi connectivity index (χ0n) is 16.1. The fraction of sp³-hybridized carbons (Fsp3) is 0.304. The molecule has 4 nitrogen and oxygen atoms in total. The van der Waals surface area contributed by atoms with Crippen LogP contribution in [0.4, 0.5) is 0 Å². The number of aromatic nitrogens is 2. The first-order chi connectivity index (χ1) is 13.8. The van der Waals surface area contributed by atoms with E-state index in [-0.39, 0.29) is 0 Å². The van der Waals surface area contributed by atoms with Gasteiger partial charge < -0.3 is 9.77 Å². The zero-order chi connectivity index (χ0) is 19.3. The van der Waals surface area contributed by atoms with Crippen LogP contribution in [-0.4, -0.2) is 26.2 Å². The summed E-state index contributed by atoms with van der Waals surface area (Å²) >= 11 is 1.76. The molecule has 0 bridgehead atoms. The summed E-state index contributed by atoms with van der Waals surface area (Å²) in [5.74, 6) is 2.01. The van der Waals surface area contributed by atoms with E-state index >= 15 is 0 Å². The van der Waals surface area contributed by atoms with E-state index in [4.69, 9.17) is 4.98 Å². The molecular weight excluding hydrogens is 366 g/mol. The van der Waals surface area contributed by atoms with Gasteiger partial charge in [-0.25, -0.2) is 4.98 Å². The SMILES string of the molecule is CCCCc1nc2c(n1Cc1ccc(-c3ccccc3)cc1)C(=NO)CCS2. The van der Waals surface area contributed by atoms with Gasteiger partial charge in [-0.05, 0) is 23.1 Å². The molecule has 144 valence electrons. The van der Waals surface area contributed by atoms with Gasteiger partial charge in [0.2, 0.25) is 0 Å². The van der Waals surface area contributed by atoms with Gasteiger partial charge in [0.15, 0.2) is 0 Å². The van der Waals surface area contributed by atoms with Gasteiger partial charge in [0, 0.05) is 25.1 Å². The molecule has 0 spiro atoms. The zero-order valence-corrected chi connectivity index (χ0v) is 17.0. The Bertz CT molecular complexity index is 962. The van der Waals surface area contributed by atoms with Crippen molar-refractivity contribution in [2.75, 3.05) is 5.75 Å². The van der Waals surface area contributed by atoms with Crippen molar-refractivity contribution in [3.63, 3.8) is 0 Å². The number of unbranched alkanes of at least 4 members (excludes halogenated alkanes) is 1. The van der Waals surface area contributed by atoms with Crippen LogP contribution in [-0.2, 0) is 13.0 Å². The molecule has 5 heteroatoms. The molecule has 1 aliphatic rings. The third-order valence-electron chi connectivity index (χ3n) is 5.14. The monoisotopic (exact) mass is 391 g/mol. The Morgan fingerprint density at radius 3 is 2.54 bits per heavy atom. The Morgan fingerprint density at radius 2 is 1.82 bits per heavy atom. The van der Waals surface area contributed by atoms with Crippen LogP contribution in [0.15, 0.2) is 64.8 Å². The molecule has 4 rings (SSSR count). The van der Waals surface area contributed by atoms with Gasteiger partial charge in [-0.15, -0.1) is 11.8 Å². The van der Waals surface area contributed by atoms with Crippen molar-refractivity contribution in [2.45, 2.75) is 44.2 Å². The van der Waals surface area contributed by atoms with Gasteiger partial charge in [-0.3, -0.25) is 0 Å². The van der Waals surface area contributed by atoms with E-state index < -0.39 is 0 Å². The number of oxime groups is 1. The van der Waals surface area contributed by atoms with Crippen LogP contribution in [0.1, 0.15) is 43.3 Å². The van der Waals surface area contributed by atoms with E-state index in [1.54, 1.807) is 11.8 Å². The summed E-state index contributed by atoms with van der Waals surface area (Å²) in [5, 5.41) is 14.1. The van der Waals surface area contributed by atoms with Crippen molar-refractivity contribution in [1.29, 1.82) is 0 Å². The van der Waals surface area contributed by atoms with Crippen LogP contribution >= 0.6 is 11.8 Å². The highest BCUT2D eigenvalue weighted by Gasteiger charge is 2.25. The minimum absolute atomic E-state index is 0.746. The fourth-order valence-electron chi connectivity index (χ4n) is 3.63. The van der Waals surface area contributed by atoms with Crippen molar-refractivity contribution in [1.82, 2.24) is 9.55 Å². The second-order valence-corrected chi connectivity index (χ2v) is 8.16. The summed E-state index contributed by atoms with van der Waals surface area (Å²) in [6, 6.07) is 19.1. The van der Waals surface area contributed by atoms with Gasteiger partial charge >= 0.3 is 0 Å². The lowest BCUT2D eigenvalue weighted by Gasteiger charge is -2.16. The summed E-state index contributed by atoms with van der Waals surface area (Å²) < 4.78 is 2.25. The normalized spacial score (nSPS) is 15.0. The molecule has 2 heterocycles. The molecule has 0 aliphatic carbocycles. The number of fused-ring (bicyclic) bond motifs is 1. The second-order valence-electron chi connectivity index (χ2n) is 7.08. The summed E-state index contributed by atoms with van der Waals surface area (Å²) in [7, 11) is 0. The van der Waals surface area contributed by atoms with E-state index in [9.17, 15) is 5.21 Å². The first-order valence-corrected chi connectivity index (χ1v) is 10.9. The Labute approximate surface area is 170 Å². The Balaban J connectivity index is 1.66. The molecule has 0 unspecified atom stereocenters. The molecule has 0 fully saturated rings. The largest absolute Gasteiger partial charge is 0.411 e. The maximum absolute atomic E-state index is 9.51. The molecule has 1 aromatic heterocycles. The van der Waals surface area contributed by atoms with Gasteiger partial charge in [-0.2, -0.15) is 0 Å². The summed E-state index contributed by atoms with van der Waals surface area (Å²) in [5.41, 5.74) is 5.42. The number of hydrogen-bond donors (Lipinski definition) is 1. The molecule has 0 amide bonds. The van der Waals surface area contributed by atoms with Crippen molar-refractivity contribution in [2.24, 2.45) is 5.16 Å². The predicted octanol–water partition coefficient (Wildman–Crippen LogP) is 5.62. The minimum Gasteiger partial charge on any atom is -0.411 e. The lowest BCUT2D eigenvalue weighted by atomic mass is 10.0. The lowest BCUT2D eigenvalue weighted by molar-refractivity contribution is 0.317. The van der Waals surface area contributed by atoms with Gasteiger partial charge in [0.1, 0.15) is 22.3 Å². The fourth-order valence-corrected chi connectivity index (χ4v) is 4.65. The standard InChI is InChI=1S/C23H25N3OS/c1-2-3-9-21-24-23-22(20(25-27)14-15-28-23)26(21)16-17-10-12-19(13-11-17)18-7-5-4-6-8-18/h4-8,10-13,27H,2-3,9,14-16H2,1H3. The van der Waals surface area contributed by atoms with Crippen molar-refractivity contribution in [3.05, 3.63) is 71.7 Å².